The maximum absolute atomic E-state index is 2.31. The monoisotopic (exact) mass is 272 g/mol. The molecule has 2 aromatic rings. The van der Waals surface area contributed by atoms with Gasteiger partial charge in [0.1, 0.15) is 0 Å². The van der Waals surface area contributed by atoms with E-state index in [1.165, 1.54) is 10.8 Å². The molecular formula is C15H17As. The van der Waals surface area contributed by atoms with Crippen molar-refractivity contribution >= 4 is 23.4 Å². The minimum absolute atomic E-state index is 1.02. The van der Waals surface area contributed by atoms with Crippen molar-refractivity contribution in [2.75, 3.05) is 0 Å². The van der Waals surface area contributed by atoms with Gasteiger partial charge in [-0.05, 0) is 0 Å². The molecule has 0 aliphatic rings. The van der Waals surface area contributed by atoms with Gasteiger partial charge in [-0.15, -0.1) is 0 Å². The van der Waals surface area contributed by atoms with Crippen LogP contribution in [0.4, 0.5) is 0 Å². The Morgan fingerprint density at radius 2 is 1.38 bits per heavy atom. The topological polar surface area (TPSA) is 0 Å². The zero-order chi connectivity index (χ0) is 11.4. The van der Waals surface area contributed by atoms with Gasteiger partial charge in [0.2, 0.25) is 0 Å². The summed E-state index contributed by atoms with van der Waals surface area (Å²) in [6.45, 7) is 4.46. The number of aryl methyl sites for hydroxylation is 1. The van der Waals surface area contributed by atoms with Crippen LogP contribution >= 0.6 is 0 Å². The van der Waals surface area contributed by atoms with Crippen molar-refractivity contribution in [3.8, 4) is 0 Å². The molecule has 0 fully saturated rings. The van der Waals surface area contributed by atoms with Gasteiger partial charge in [-0.25, -0.2) is 0 Å². The standard InChI is InChI=1S/C15H17As/c1-3-16(14-7-5-4-6-8-14)15-11-9-13(2)10-12-15/h4-12H,3H2,1-2H3. The predicted molar refractivity (Wildman–Crippen MR) is 73.1 cm³/mol. The Morgan fingerprint density at radius 3 is 1.94 bits per heavy atom. The van der Waals surface area contributed by atoms with Crippen LogP contribution in [0.3, 0.4) is 0 Å². The summed E-state index contributed by atoms with van der Waals surface area (Å²) in [7, 11) is 0. The van der Waals surface area contributed by atoms with Crippen molar-refractivity contribution in [1.82, 2.24) is 0 Å². The molecule has 1 heteroatoms. The first-order valence-electron chi connectivity index (χ1n) is 5.70. The predicted octanol–water partition coefficient (Wildman–Crippen LogP) is 2.62. The summed E-state index contributed by atoms with van der Waals surface area (Å²) in [5.41, 5.74) is 1.35. The minimum atomic E-state index is -1.02. The summed E-state index contributed by atoms with van der Waals surface area (Å²) in [5.74, 6) is 0. The van der Waals surface area contributed by atoms with Gasteiger partial charge < -0.3 is 0 Å². The molecule has 0 spiro atoms. The van der Waals surface area contributed by atoms with Gasteiger partial charge in [-0.1, -0.05) is 0 Å². The van der Waals surface area contributed by atoms with E-state index in [2.05, 4.69) is 68.4 Å². The van der Waals surface area contributed by atoms with Crippen molar-refractivity contribution in [2.45, 2.75) is 19.1 Å². The van der Waals surface area contributed by atoms with Gasteiger partial charge in [0.15, 0.2) is 0 Å². The average molecular weight is 272 g/mol. The Morgan fingerprint density at radius 1 is 0.812 bits per heavy atom. The second-order valence-electron chi connectivity index (χ2n) is 3.92. The molecule has 2 aromatic carbocycles. The van der Waals surface area contributed by atoms with Crippen LogP contribution in [-0.4, -0.2) is 14.7 Å². The molecule has 2 rings (SSSR count). The fraction of sp³-hybridized carbons (Fsp3) is 0.200. The van der Waals surface area contributed by atoms with Gasteiger partial charge in [0.25, 0.3) is 0 Å². The molecule has 1 atom stereocenters. The summed E-state index contributed by atoms with van der Waals surface area (Å²) >= 11 is -1.02. The van der Waals surface area contributed by atoms with E-state index in [0.717, 1.165) is 0 Å². The number of hydrogen-bond donors (Lipinski definition) is 0. The molecule has 0 aliphatic heterocycles. The van der Waals surface area contributed by atoms with Crippen LogP contribution in [-0.2, 0) is 0 Å². The molecule has 0 aliphatic carbocycles. The zero-order valence-electron chi connectivity index (χ0n) is 9.85. The Kier molecular flexibility index (Phi) is 3.85. The maximum atomic E-state index is 2.31. The van der Waals surface area contributed by atoms with E-state index in [4.69, 9.17) is 0 Å². The Bertz CT molecular complexity index is 431. The molecule has 0 saturated carbocycles. The van der Waals surface area contributed by atoms with Crippen LogP contribution in [0, 0.1) is 6.92 Å². The molecule has 0 radical (unpaired) electrons. The SMILES string of the molecule is CC[As](c1ccccc1)c1ccc(C)cc1. The average Bonchev–Trinajstić information content (AvgIpc) is 2.34. The van der Waals surface area contributed by atoms with E-state index in [0.29, 0.717) is 0 Å². The van der Waals surface area contributed by atoms with Gasteiger partial charge in [0.05, 0.1) is 0 Å². The summed E-state index contributed by atoms with van der Waals surface area (Å²) < 4.78 is 3.12. The fourth-order valence-corrected chi connectivity index (χ4v) is 6.19. The van der Waals surface area contributed by atoms with E-state index in [9.17, 15) is 0 Å². The summed E-state index contributed by atoms with van der Waals surface area (Å²) in [4.78, 5) is 0. The second-order valence-corrected chi connectivity index (χ2v) is 9.21. The molecule has 0 aromatic heterocycles. The van der Waals surface area contributed by atoms with E-state index in [1.807, 2.05) is 0 Å². The van der Waals surface area contributed by atoms with Crippen molar-refractivity contribution in [1.29, 1.82) is 0 Å². The molecule has 16 heavy (non-hydrogen) atoms. The van der Waals surface area contributed by atoms with Crippen molar-refractivity contribution < 1.29 is 0 Å². The second kappa shape index (κ2) is 5.36. The quantitative estimate of drug-likeness (QED) is 0.753. The molecule has 0 N–H and O–H groups in total. The first-order chi connectivity index (χ1) is 7.81. The number of rotatable bonds is 3. The van der Waals surface area contributed by atoms with Gasteiger partial charge >= 0.3 is 103 Å². The Balaban J connectivity index is 2.33. The van der Waals surface area contributed by atoms with Crippen molar-refractivity contribution in [3.05, 3.63) is 60.2 Å². The van der Waals surface area contributed by atoms with Crippen molar-refractivity contribution in [2.24, 2.45) is 0 Å². The van der Waals surface area contributed by atoms with E-state index < -0.39 is 14.7 Å². The van der Waals surface area contributed by atoms with E-state index in [-0.39, 0.29) is 0 Å². The molecular weight excluding hydrogens is 255 g/mol. The van der Waals surface area contributed by atoms with Crippen LogP contribution < -0.4 is 8.70 Å². The fourth-order valence-electron chi connectivity index (χ4n) is 1.85. The molecule has 0 heterocycles. The van der Waals surface area contributed by atoms with E-state index >= 15 is 0 Å². The molecule has 0 bridgehead atoms. The molecule has 1 unspecified atom stereocenters. The summed E-state index contributed by atoms with van der Waals surface area (Å²) in [6, 6.07) is 20.1. The third kappa shape index (κ3) is 2.57. The van der Waals surface area contributed by atoms with Crippen LogP contribution in [0.15, 0.2) is 54.6 Å². The molecule has 0 amide bonds. The first-order valence-corrected chi connectivity index (χ1v) is 8.91. The third-order valence-electron chi connectivity index (χ3n) is 2.73. The van der Waals surface area contributed by atoms with Gasteiger partial charge in [-0.2, -0.15) is 0 Å². The third-order valence-corrected chi connectivity index (χ3v) is 7.92. The number of benzene rings is 2. The van der Waals surface area contributed by atoms with E-state index in [1.54, 1.807) is 8.70 Å². The molecule has 82 valence electrons. The summed E-state index contributed by atoms with van der Waals surface area (Å²) in [5, 5.41) is 1.29. The molecule has 0 nitrogen and oxygen atoms in total. The zero-order valence-corrected chi connectivity index (χ0v) is 11.7. The first kappa shape index (κ1) is 11.5. The van der Waals surface area contributed by atoms with Crippen LogP contribution in [0.2, 0.25) is 5.21 Å². The van der Waals surface area contributed by atoms with Gasteiger partial charge in [0, 0.05) is 0 Å². The summed E-state index contributed by atoms with van der Waals surface area (Å²) in [6.07, 6.45) is 0. The van der Waals surface area contributed by atoms with Crippen LogP contribution in [0.5, 0.6) is 0 Å². The number of hydrogen-bond acceptors (Lipinski definition) is 0. The van der Waals surface area contributed by atoms with Crippen LogP contribution in [0.1, 0.15) is 12.5 Å². The molecule has 0 saturated heterocycles. The Hall–Kier alpha value is -1.00. The normalized spacial score (nSPS) is 12.4. The van der Waals surface area contributed by atoms with Crippen molar-refractivity contribution in [3.63, 3.8) is 0 Å². The Labute approximate surface area is 103 Å². The van der Waals surface area contributed by atoms with Gasteiger partial charge in [-0.3, -0.25) is 0 Å². The van der Waals surface area contributed by atoms with Crippen LogP contribution in [0.25, 0.3) is 0 Å².